The maximum absolute atomic E-state index is 11.5. The molecule has 1 atom stereocenters. The normalized spacial score (nSPS) is 13.4. The van der Waals surface area contributed by atoms with E-state index in [0.717, 1.165) is 22.4 Å². The van der Waals surface area contributed by atoms with Crippen LogP contribution < -0.4 is 15.2 Å². The van der Waals surface area contributed by atoms with Crippen LogP contribution in [0.2, 0.25) is 0 Å². The van der Waals surface area contributed by atoms with Crippen LogP contribution in [-0.2, 0) is 23.5 Å². The van der Waals surface area contributed by atoms with E-state index in [1.165, 1.54) is 12.1 Å². The predicted molar refractivity (Wildman–Crippen MR) is 152 cm³/mol. The van der Waals surface area contributed by atoms with Crippen LogP contribution in [0.25, 0.3) is 11.2 Å². The summed E-state index contributed by atoms with van der Waals surface area (Å²) >= 11 is 0. The number of aromatic nitrogens is 4. The molecule has 0 amide bonds. The minimum Gasteiger partial charge on any atom is -0.437 e. The molecule has 39 heavy (non-hydrogen) atoms. The monoisotopic (exact) mass is 547 g/mol. The highest BCUT2D eigenvalue weighted by Gasteiger charge is 2.17. The number of hydrogen-bond acceptors (Lipinski definition) is 8. The van der Waals surface area contributed by atoms with Crippen LogP contribution in [0, 0.1) is 17.2 Å². The lowest BCUT2D eigenvalue weighted by atomic mass is 10.1. The molecule has 11 heteroatoms. The molecule has 2 aromatic heterocycles. The minimum atomic E-state index is -3.74. The molecule has 204 valence electrons. The third-order valence-electron chi connectivity index (χ3n) is 5.77. The molecule has 0 spiro atoms. The van der Waals surface area contributed by atoms with Crippen molar-refractivity contribution in [1.29, 1.82) is 5.26 Å². The number of fused-ring (bicyclic) bond motifs is 1. The Morgan fingerprint density at radius 3 is 2.51 bits per heavy atom. The fourth-order valence-corrected chi connectivity index (χ4v) is 4.11. The number of nitrogens with two attached hydrogens (primary N) is 1. The Labute approximate surface area is 229 Å². The van der Waals surface area contributed by atoms with Gasteiger partial charge in [0.15, 0.2) is 11.2 Å². The molecule has 0 aliphatic heterocycles. The van der Waals surface area contributed by atoms with Gasteiger partial charge in [0.05, 0.1) is 23.2 Å². The van der Waals surface area contributed by atoms with Gasteiger partial charge in [0, 0.05) is 12.7 Å². The standard InChI is InChI=1S/C28H33N7O3S/c1-7-22(13-8-19(4)16-29)32-28-33-26-24(31-17-35(26)6)27(34-28)38-25(18(2)3)20(5)9-10-21-11-14-23(15-12-21)39(30,36)37/h7-9,11-15,17,19H,10H2,1-6H3,(H2,30,36,37)(H,32,33,34)/b13-8-,20-9-,22-7+. The first-order valence-electron chi connectivity index (χ1n) is 12.3. The summed E-state index contributed by atoms with van der Waals surface area (Å²) in [5, 5.41) is 17.4. The van der Waals surface area contributed by atoms with Gasteiger partial charge in [0.2, 0.25) is 16.0 Å². The summed E-state index contributed by atoms with van der Waals surface area (Å²) in [6, 6.07) is 8.63. The van der Waals surface area contributed by atoms with Gasteiger partial charge >= 0.3 is 0 Å². The fourth-order valence-electron chi connectivity index (χ4n) is 3.59. The highest BCUT2D eigenvalue weighted by atomic mass is 32.2. The molecule has 3 rings (SSSR count). The third-order valence-corrected chi connectivity index (χ3v) is 6.70. The number of nitrogens with zero attached hydrogens (tertiary/aromatic N) is 5. The molecular formula is C28H33N7O3S. The third kappa shape index (κ3) is 7.63. The number of anilines is 1. The van der Waals surface area contributed by atoms with Crippen molar-refractivity contribution in [3.63, 3.8) is 0 Å². The van der Waals surface area contributed by atoms with E-state index in [9.17, 15) is 8.42 Å². The van der Waals surface area contributed by atoms with Gasteiger partial charge in [-0.3, -0.25) is 0 Å². The number of imidazole rings is 1. The first-order chi connectivity index (χ1) is 18.4. The van der Waals surface area contributed by atoms with Crippen molar-refractivity contribution in [2.75, 3.05) is 5.32 Å². The van der Waals surface area contributed by atoms with E-state index in [2.05, 4.69) is 26.3 Å². The number of sulfonamides is 1. The maximum atomic E-state index is 11.5. The van der Waals surface area contributed by atoms with Crippen molar-refractivity contribution >= 4 is 27.1 Å². The molecule has 0 fully saturated rings. The van der Waals surface area contributed by atoms with Crippen molar-refractivity contribution in [1.82, 2.24) is 19.5 Å². The van der Waals surface area contributed by atoms with Gasteiger partial charge in [-0.15, -0.1) is 0 Å². The molecule has 0 aliphatic carbocycles. The minimum absolute atomic E-state index is 0.0731. The summed E-state index contributed by atoms with van der Waals surface area (Å²) in [5.41, 5.74) is 4.59. The Morgan fingerprint density at radius 2 is 1.92 bits per heavy atom. The van der Waals surface area contributed by atoms with Crippen molar-refractivity contribution in [3.05, 3.63) is 83.1 Å². The second kappa shape index (κ2) is 12.5. The summed E-state index contributed by atoms with van der Waals surface area (Å²) in [4.78, 5) is 13.7. The summed E-state index contributed by atoms with van der Waals surface area (Å²) in [6.45, 7) is 9.52. The zero-order chi connectivity index (χ0) is 28.7. The topological polar surface area (TPSA) is 149 Å². The van der Waals surface area contributed by atoms with E-state index in [0.29, 0.717) is 35.2 Å². The average Bonchev–Trinajstić information content (AvgIpc) is 3.27. The molecule has 3 aromatic rings. The van der Waals surface area contributed by atoms with Crippen LogP contribution in [0.3, 0.4) is 0 Å². The van der Waals surface area contributed by atoms with Crippen LogP contribution in [0.15, 0.2) is 82.4 Å². The van der Waals surface area contributed by atoms with E-state index in [1.54, 1.807) is 29.1 Å². The smallest absolute Gasteiger partial charge is 0.252 e. The van der Waals surface area contributed by atoms with Crippen molar-refractivity contribution in [2.24, 2.45) is 18.1 Å². The fraction of sp³-hybridized carbons (Fsp3) is 0.286. The highest BCUT2D eigenvalue weighted by molar-refractivity contribution is 7.89. The van der Waals surface area contributed by atoms with E-state index in [-0.39, 0.29) is 10.8 Å². The first-order valence-corrected chi connectivity index (χ1v) is 13.8. The SMILES string of the molecule is C/C=C(\C=C/C(C)C#N)Nc1nc(OC(=C(C)C)/C(C)=C\Cc2ccc(S(N)(=O)=O)cc2)c2ncn(C)c2n1. The molecule has 0 aliphatic rings. The molecule has 10 nitrogen and oxygen atoms in total. The lowest BCUT2D eigenvalue weighted by Gasteiger charge is -2.14. The predicted octanol–water partition coefficient (Wildman–Crippen LogP) is 4.90. The molecule has 1 unspecified atom stereocenters. The van der Waals surface area contributed by atoms with Gasteiger partial charge < -0.3 is 14.6 Å². The Hall–Kier alpha value is -4.27. The van der Waals surface area contributed by atoms with E-state index < -0.39 is 10.0 Å². The second-order valence-electron chi connectivity index (χ2n) is 9.24. The quantitative estimate of drug-likeness (QED) is 0.269. The number of benzene rings is 1. The number of primary sulfonamides is 1. The van der Waals surface area contributed by atoms with Crippen molar-refractivity contribution in [3.8, 4) is 11.9 Å². The first kappa shape index (κ1) is 29.3. The molecule has 0 radical (unpaired) electrons. The van der Waals surface area contributed by atoms with Gasteiger partial charge in [-0.25, -0.2) is 18.5 Å². The number of nitriles is 1. The number of ether oxygens (including phenoxy) is 1. The molecule has 0 saturated heterocycles. The van der Waals surface area contributed by atoms with E-state index in [1.807, 2.05) is 59.9 Å². The van der Waals surface area contributed by atoms with Gasteiger partial charge in [-0.2, -0.15) is 15.2 Å². The second-order valence-corrected chi connectivity index (χ2v) is 10.8. The Balaban J connectivity index is 1.91. The zero-order valence-corrected chi connectivity index (χ0v) is 23.7. The Kier molecular flexibility index (Phi) is 9.40. The maximum Gasteiger partial charge on any atom is 0.252 e. The van der Waals surface area contributed by atoms with Crippen LogP contribution >= 0.6 is 0 Å². The molecule has 2 heterocycles. The van der Waals surface area contributed by atoms with E-state index >= 15 is 0 Å². The lowest BCUT2D eigenvalue weighted by Crippen LogP contribution is -2.11. The molecule has 0 bridgehead atoms. The molecule has 0 saturated carbocycles. The number of allylic oxidation sites excluding steroid dienone is 6. The van der Waals surface area contributed by atoms with Crippen molar-refractivity contribution < 1.29 is 13.2 Å². The number of hydrogen-bond donors (Lipinski definition) is 2. The Morgan fingerprint density at radius 1 is 1.23 bits per heavy atom. The highest BCUT2D eigenvalue weighted by Crippen LogP contribution is 2.28. The van der Waals surface area contributed by atoms with Gasteiger partial charge in [-0.05, 0) is 76.0 Å². The summed E-state index contributed by atoms with van der Waals surface area (Å²) in [5.74, 6) is 1.03. The van der Waals surface area contributed by atoms with Gasteiger partial charge in [-0.1, -0.05) is 30.4 Å². The zero-order valence-electron chi connectivity index (χ0n) is 22.9. The number of aryl methyl sites for hydroxylation is 1. The average molecular weight is 548 g/mol. The number of rotatable bonds is 10. The summed E-state index contributed by atoms with van der Waals surface area (Å²) < 4.78 is 31.2. The molecule has 1 aromatic carbocycles. The van der Waals surface area contributed by atoms with Crippen LogP contribution in [0.5, 0.6) is 5.88 Å². The number of nitrogens with one attached hydrogen (secondary N) is 1. The largest absolute Gasteiger partial charge is 0.437 e. The van der Waals surface area contributed by atoms with Crippen LogP contribution in [-0.4, -0.2) is 27.9 Å². The van der Waals surface area contributed by atoms with Gasteiger partial charge in [0.1, 0.15) is 5.76 Å². The lowest BCUT2D eigenvalue weighted by molar-refractivity contribution is 0.417. The van der Waals surface area contributed by atoms with Crippen LogP contribution in [0.4, 0.5) is 5.95 Å². The molecular weight excluding hydrogens is 514 g/mol. The summed E-state index contributed by atoms with van der Waals surface area (Å²) in [7, 11) is -1.89. The van der Waals surface area contributed by atoms with Crippen LogP contribution in [0.1, 0.15) is 40.2 Å². The Bertz CT molecular complexity index is 1620. The van der Waals surface area contributed by atoms with Gasteiger partial charge in [0.25, 0.3) is 5.88 Å². The van der Waals surface area contributed by atoms with E-state index in [4.69, 9.17) is 15.1 Å². The van der Waals surface area contributed by atoms with Crippen molar-refractivity contribution in [2.45, 2.75) is 45.9 Å². The summed E-state index contributed by atoms with van der Waals surface area (Å²) in [6.07, 6.45) is 9.68. The molecule has 3 N–H and O–H groups in total.